The molecule has 2 aromatic heterocycles. The number of nitrogens with zero attached hydrogens (tertiary/aromatic N) is 5. The summed E-state index contributed by atoms with van der Waals surface area (Å²) in [4.78, 5) is 31.6. The van der Waals surface area contributed by atoms with Gasteiger partial charge in [-0.25, -0.2) is 0 Å². The van der Waals surface area contributed by atoms with Gasteiger partial charge in [0.05, 0.1) is 16.4 Å². The number of hydrogen-bond acceptors (Lipinski definition) is 6. The van der Waals surface area contributed by atoms with Crippen molar-refractivity contribution in [1.29, 1.82) is 0 Å². The van der Waals surface area contributed by atoms with E-state index in [1.807, 2.05) is 11.8 Å². The minimum Gasteiger partial charge on any atom is -0.363 e. The number of nitrogens with one attached hydrogen (secondary N) is 2. The molecule has 234 valence electrons. The second-order valence-electron chi connectivity index (χ2n) is 11.5. The van der Waals surface area contributed by atoms with E-state index in [0.717, 1.165) is 24.8 Å². The zero-order valence-electron chi connectivity index (χ0n) is 23.3. The van der Waals surface area contributed by atoms with Gasteiger partial charge in [-0.15, -0.1) is 5.10 Å². The van der Waals surface area contributed by atoms with E-state index in [9.17, 15) is 29.0 Å². The van der Waals surface area contributed by atoms with Crippen LogP contribution in [0.4, 0.5) is 30.8 Å². The van der Waals surface area contributed by atoms with Crippen molar-refractivity contribution in [1.82, 2.24) is 24.5 Å². The molecule has 3 heterocycles. The van der Waals surface area contributed by atoms with Crippen molar-refractivity contribution in [3.63, 3.8) is 0 Å². The van der Waals surface area contributed by atoms with Gasteiger partial charge in [0.2, 0.25) is 11.7 Å². The Balaban J connectivity index is 1.39. The van der Waals surface area contributed by atoms with Crippen LogP contribution in [0, 0.1) is 5.41 Å². The third-order valence-corrected chi connectivity index (χ3v) is 9.96. The summed E-state index contributed by atoms with van der Waals surface area (Å²) in [5, 5.41) is 9.56. The lowest BCUT2D eigenvalue weighted by atomic mass is 9.87. The number of anilines is 2. The van der Waals surface area contributed by atoms with E-state index in [1.54, 1.807) is 4.57 Å². The van der Waals surface area contributed by atoms with Crippen LogP contribution in [-0.2, 0) is 17.8 Å². The highest BCUT2D eigenvalue weighted by molar-refractivity contribution is 8.45. The van der Waals surface area contributed by atoms with Crippen molar-refractivity contribution in [2.24, 2.45) is 5.41 Å². The SMILES string of the molecule is CCc1c(N2CCNCC2)c(=O)n2nc(C3=CCC4(CC3)CC4)nc2n1CC(=O)Nc1ccc(S(F)(F)(F)(F)F)cc1Cl. The Morgan fingerprint density at radius 1 is 1.14 bits per heavy atom. The smallest absolute Gasteiger partial charge is 0.310 e. The van der Waals surface area contributed by atoms with Gasteiger partial charge in [-0.05, 0) is 67.7 Å². The van der Waals surface area contributed by atoms with Crippen LogP contribution in [0.15, 0.2) is 34.0 Å². The number of allylic oxidation sites excluding steroid dienone is 2. The van der Waals surface area contributed by atoms with Crippen LogP contribution in [0.2, 0.25) is 5.02 Å². The monoisotopic (exact) mass is 647 g/mol. The molecule has 0 unspecified atom stereocenters. The molecule has 2 N–H and O–H groups in total. The standard InChI is InChI=1S/C27H31ClF5N7O2S/c1-2-21-23(38-13-11-34-12-14-38)25(42)40-26(36-24(37-40)17-5-7-27(8-6-17)9-10-27)39(21)16-22(41)35-20-4-3-18(15-19(20)28)43(29,30,31,32)33/h3-5,15,34H,2,6-14,16H2,1H3,(H,35,41). The Morgan fingerprint density at radius 3 is 2.44 bits per heavy atom. The zero-order chi connectivity index (χ0) is 30.8. The molecule has 1 aromatic carbocycles. The quantitative estimate of drug-likeness (QED) is 0.298. The van der Waals surface area contributed by atoms with Crippen molar-refractivity contribution in [3.05, 3.63) is 51.2 Å². The molecule has 3 aliphatic rings. The number of hydrogen-bond donors (Lipinski definition) is 2. The highest BCUT2D eigenvalue weighted by Gasteiger charge is 2.65. The average Bonchev–Trinajstić information content (AvgIpc) is 3.53. The molecule has 0 radical (unpaired) electrons. The lowest BCUT2D eigenvalue weighted by Gasteiger charge is -2.40. The largest absolute Gasteiger partial charge is 0.363 e. The molecule has 2 fully saturated rings. The van der Waals surface area contributed by atoms with Crippen LogP contribution in [0.5, 0.6) is 0 Å². The lowest BCUT2D eigenvalue weighted by Crippen LogP contribution is -2.47. The molecular formula is C27H31ClF5N7O2S. The molecule has 1 amide bonds. The predicted octanol–water partition coefficient (Wildman–Crippen LogP) is 6.16. The fourth-order valence-corrected chi connectivity index (χ4v) is 6.86. The summed E-state index contributed by atoms with van der Waals surface area (Å²) in [6.45, 7) is 3.90. The summed E-state index contributed by atoms with van der Waals surface area (Å²) in [6, 6.07) is 0.985. The normalized spacial score (nSPS) is 20.1. The van der Waals surface area contributed by atoms with Crippen LogP contribution < -0.4 is 21.1 Å². The molecule has 0 bridgehead atoms. The number of carbonyl (C=O) groups is 1. The first kappa shape index (κ1) is 29.9. The first-order valence-corrected chi connectivity index (χ1v) is 16.4. The number of piperazine rings is 1. The topological polar surface area (TPSA) is 96.6 Å². The second kappa shape index (κ2) is 9.66. The molecule has 43 heavy (non-hydrogen) atoms. The molecule has 16 heteroatoms. The lowest BCUT2D eigenvalue weighted by molar-refractivity contribution is -0.116. The minimum atomic E-state index is -9.96. The van der Waals surface area contributed by atoms with E-state index in [-0.39, 0.29) is 35.7 Å². The third kappa shape index (κ3) is 5.86. The van der Waals surface area contributed by atoms with Crippen molar-refractivity contribution in [3.8, 4) is 0 Å². The summed E-state index contributed by atoms with van der Waals surface area (Å²) in [7, 11) is -9.96. The van der Waals surface area contributed by atoms with Crippen LogP contribution in [0.25, 0.3) is 11.4 Å². The van der Waals surface area contributed by atoms with Gasteiger partial charge < -0.3 is 20.1 Å². The van der Waals surface area contributed by atoms with Crippen molar-refractivity contribution < 1.29 is 24.2 Å². The molecule has 1 saturated carbocycles. The van der Waals surface area contributed by atoms with Crippen LogP contribution >= 0.6 is 21.8 Å². The van der Waals surface area contributed by atoms with Crippen LogP contribution in [-0.4, -0.2) is 51.3 Å². The van der Waals surface area contributed by atoms with Gasteiger partial charge in [0.25, 0.3) is 5.56 Å². The maximum Gasteiger partial charge on any atom is 0.310 e. The molecule has 0 atom stereocenters. The van der Waals surface area contributed by atoms with Gasteiger partial charge in [0.1, 0.15) is 17.1 Å². The number of fused-ring (bicyclic) bond motifs is 1. The Hall–Kier alpha value is -3.17. The number of halogens is 6. The molecule has 1 spiro atoms. The minimum absolute atomic E-state index is 0.102. The van der Waals surface area contributed by atoms with E-state index in [1.165, 1.54) is 17.4 Å². The molecule has 6 rings (SSSR count). The van der Waals surface area contributed by atoms with Crippen LogP contribution in [0.3, 0.4) is 0 Å². The first-order chi connectivity index (χ1) is 20.1. The molecule has 1 saturated heterocycles. The van der Waals surface area contributed by atoms with E-state index in [0.29, 0.717) is 61.3 Å². The maximum absolute atomic E-state index is 13.9. The number of amides is 1. The average molecular weight is 648 g/mol. The number of benzene rings is 1. The van der Waals surface area contributed by atoms with E-state index in [2.05, 4.69) is 21.8 Å². The van der Waals surface area contributed by atoms with Gasteiger partial charge in [0, 0.05) is 26.2 Å². The predicted molar refractivity (Wildman–Crippen MR) is 157 cm³/mol. The highest BCUT2D eigenvalue weighted by atomic mass is 35.5. The van der Waals surface area contributed by atoms with E-state index < -0.39 is 26.0 Å². The van der Waals surface area contributed by atoms with Crippen molar-refractivity contribution in [2.45, 2.75) is 56.9 Å². The molecular weight excluding hydrogens is 617 g/mol. The Kier molecular flexibility index (Phi) is 6.72. The Bertz CT molecular complexity index is 1730. The summed E-state index contributed by atoms with van der Waals surface area (Å²) < 4.78 is 69.0. The maximum atomic E-state index is 13.9. The Morgan fingerprint density at radius 2 is 1.86 bits per heavy atom. The first-order valence-electron chi connectivity index (χ1n) is 14.1. The fraction of sp³-hybridized carbons (Fsp3) is 0.481. The summed E-state index contributed by atoms with van der Waals surface area (Å²) in [6.07, 6.45) is 7.64. The van der Waals surface area contributed by atoms with E-state index in [4.69, 9.17) is 16.6 Å². The van der Waals surface area contributed by atoms with Gasteiger partial charge in [-0.2, -0.15) is 9.50 Å². The summed E-state index contributed by atoms with van der Waals surface area (Å²) >= 11 is 5.90. The van der Waals surface area contributed by atoms with Gasteiger partial charge in [-0.3, -0.25) is 9.59 Å². The van der Waals surface area contributed by atoms with Crippen molar-refractivity contribution >= 4 is 50.5 Å². The second-order valence-corrected chi connectivity index (χ2v) is 14.3. The molecule has 1 aliphatic heterocycles. The molecule has 3 aromatic rings. The van der Waals surface area contributed by atoms with E-state index >= 15 is 0 Å². The van der Waals surface area contributed by atoms with Gasteiger partial charge >= 0.3 is 10.2 Å². The van der Waals surface area contributed by atoms with Crippen LogP contribution in [0.1, 0.15) is 50.5 Å². The highest BCUT2D eigenvalue weighted by Crippen LogP contribution is 3.02. The summed E-state index contributed by atoms with van der Waals surface area (Å²) in [5.74, 6) is -0.137. The van der Waals surface area contributed by atoms with Crippen molar-refractivity contribution in [2.75, 3.05) is 36.4 Å². The van der Waals surface area contributed by atoms with Gasteiger partial charge in [0.15, 0.2) is 5.82 Å². The zero-order valence-corrected chi connectivity index (χ0v) is 24.9. The number of aromatic nitrogens is 4. The fourth-order valence-electron chi connectivity index (χ4n) is 5.90. The number of carbonyl (C=O) groups excluding carboxylic acids is 1. The molecule has 9 nitrogen and oxygen atoms in total. The van der Waals surface area contributed by atoms with Gasteiger partial charge in [-0.1, -0.05) is 44.0 Å². The Labute approximate surface area is 248 Å². The summed E-state index contributed by atoms with van der Waals surface area (Å²) in [5.41, 5.74) is 1.65. The molecule has 2 aliphatic carbocycles. The number of rotatable bonds is 7. The third-order valence-electron chi connectivity index (χ3n) is 8.51.